The Labute approximate surface area is 170 Å². The standard InChI is InChI=1S/C21H19N5O2S/c27-18(22-13-14-7-2-1-3-8-14)17-11-6-12-25(17)21-24-26-19(28)15-9-4-5-10-16(15)23-20(26)29-21/h1-5,7-10,17H,6,11-13H2,(H,22,27). The van der Waals surface area contributed by atoms with Crippen molar-refractivity contribution in [1.82, 2.24) is 19.9 Å². The van der Waals surface area contributed by atoms with Crippen molar-refractivity contribution in [3.63, 3.8) is 0 Å². The first kappa shape index (κ1) is 17.8. The van der Waals surface area contributed by atoms with E-state index in [1.807, 2.05) is 53.4 Å². The SMILES string of the molecule is O=C(NCc1ccccc1)C1CCCN1c1nn2c(=O)c3ccccc3nc2s1. The minimum absolute atomic E-state index is 0.0175. The van der Waals surface area contributed by atoms with Crippen LogP contribution in [0.2, 0.25) is 0 Å². The first-order valence-electron chi connectivity index (χ1n) is 9.57. The summed E-state index contributed by atoms with van der Waals surface area (Å²) in [7, 11) is 0. The number of carbonyl (C=O) groups excluding carboxylic acids is 1. The van der Waals surface area contributed by atoms with E-state index in [1.54, 1.807) is 6.07 Å². The number of carbonyl (C=O) groups is 1. The van der Waals surface area contributed by atoms with Crippen LogP contribution in [0.3, 0.4) is 0 Å². The van der Waals surface area contributed by atoms with Crippen molar-refractivity contribution in [2.75, 3.05) is 11.4 Å². The van der Waals surface area contributed by atoms with Crippen LogP contribution in [0.5, 0.6) is 0 Å². The lowest BCUT2D eigenvalue weighted by Gasteiger charge is -2.22. The van der Waals surface area contributed by atoms with Gasteiger partial charge < -0.3 is 10.2 Å². The van der Waals surface area contributed by atoms with Crippen molar-refractivity contribution >= 4 is 38.2 Å². The van der Waals surface area contributed by atoms with Gasteiger partial charge in [-0.15, -0.1) is 5.10 Å². The van der Waals surface area contributed by atoms with Gasteiger partial charge in [0.2, 0.25) is 16.0 Å². The molecule has 0 radical (unpaired) electrons. The molecule has 0 aliphatic carbocycles. The second-order valence-corrected chi connectivity index (χ2v) is 8.00. The molecule has 146 valence electrons. The van der Waals surface area contributed by atoms with Crippen LogP contribution in [-0.2, 0) is 11.3 Å². The van der Waals surface area contributed by atoms with Crippen LogP contribution >= 0.6 is 11.3 Å². The van der Waals surface area contributed by atoms with Gasteiger partial charge in [-0.3, -0.25) is 9.59 Å². The number of benzene rings is 2. The predicted molar refractivity (Wildman–Crippen MR) is 113 cm³/mol. The van der Waals surface area contributed by atoms with Crippen LogP contribution in [0.4, 0.5) is 5.13 Å². The molecule has 5 rings (SSSR count). The highest BCUT2D eigenvalue weighted by Crippen LogP contribution is 2.29. The highest BCUT2D eigenvalue weighted by Gasteiger charge is 2.33. The Kier molecular flexibility index (Phi) is 4.48. The number of rotatable bonds is 4. The Balaban J connectivity index is 1.42. The molecule has 1 amide bonds. The minimum Gasteiger partial charge on any atom is -0.350 e. The summed E-state index contributed by atoms with van der Waals surface area (Å²) in [6.07, 6.45) is 1.67. The summed E-state index contributed by atoms with van der Waals surface area (Å²) in [4.78, 5) is 32.7. The van der Waals surface area contributed by atoms with Crippen LogP contribution < -0.4 is 15.8 Å². The fourth-order valence-electron chi connectivity index (χ4n) is 3.73. The minimum atomic E-state index is -0.288. The summed E-state index contributed by atoms with van der Waals surface area (Å²) in [6.45, 7) is 1.23. The van der Waals surface area contributed by atoms with E-state index in [1.165, 1.54) is 15.9 Å². The summed E-state index contributed by atoms with van der Waals surface area (Å²) in [5.41, 5.74) is 1.54. The zero-order valence-corrected chi connectivity index (χ0v) is 16.4. The van der Waals surface area contributed by atoms with Crippen LogP contribution in [0.1, 0.15) is 18.4 Å². The average molecular weight is 405 g/mol. The lowest BCUT2D eigenvalue weighted by molar-refractivity contribution is -0.122. The number of amides is 1. The second-order valence-electron chi connectivity index (χ2n) is 7.07. The predicted octanol–water partition coefficient (Wildman–Crippen LogP) is 2.59. The molecule has 1 aliphatic heterocycles. The monoisotopic (exact) mass is 405 g/mol. The molecule has 0 bridgehead atoms. The topological polar surface area (TPSA) is 79.6 Å². The largest absolute Gasteiger partial charge is 0.350 e. The molecule has 0 spiro atoms. The molecule has 2 aromatic heterocycles. The molecule has 1 atom stereocenters. The fraction of sp³-hybridized carbons (Fsp3) is 0.238. The van der Waals surface area contributed by atoms with E-state index >= 15 is 0 Å². The van der Waals surface area contributed by atoms with E-state index in [0.717, 1.165) is 24.9 Å². The van der Waals surface area contributed by atoms with E-state index in [2.05, 4.69) is 15.4 Å². The Morgan fingerprint density at radius 3 is 2.79 bits per heavy atom. The van der Waals surface area contributed by atoms with Crippen molar-refractivity contribution in [3.8, 4) is 0 Å². The second kappa shape index (κ2) is 7.29. The van der Waals surface area contributed by atoms with E-state index in [0.29, 0.717) is 27.5 Å². The average Bonchev–Trinajstić information content (AvgIpc) is 3.40. The number of hydrogen-bond donors (Lipinski definition) is 1. The van der Waals surface area contributed by atoms with Crippen LogP contribution in [0.25, 0.3) is 15.9 Å². The lowest BCUT2D eigenvalue weighted by atomic mass is 10.2. The van der Waals surface area contributed by atoms with E-state index in [9.17, 15) is 9.59 Å². The third-order valence-corrected chi connectivity index (χ3v) is 6.15. The summed E-state index contributed by atoms with van der Waals surface area (Å²) in [5, 5.41) is 8.72. The highest BCUT2D eigenvalue weighted by atomic mass is 32.1. The van der Waals surface area contributed by atoms with E-state index in [4.69, 9.17) is 0 Å². The molecule has 4 aromatic rings. The molecule has 1 aliphatic rings. The number of para-hydroxylation sites is 1. The van der Waals surface area contributed by atoms with Crippen LogP contribution in [-0.4, -0.2) is 33.1 Å². The zero-order chi connectivity index (χ0) is 19.8. The Hall–Kier alpha value is -3.26. The fourth-order valence-corrected chi connectivity index (χ4v) is 4.71. The zero-order valence-electron chi connectivity index (χ0n) is 15.6. The Morgan fingerprint density at radius 2 is 1.93 bits per heavy atom. The lowest BCUT2D eigenvalue weighted by Crippen LogP contribution is -2.43. The van der Waals surface area contributed by atoms with Gasteiger partial charge in [0, 0.05) is 13.1 Å². The molecular formula is C21H19N5O2S. The maximum Gasteiger partial charge on any atom is 0.283 e. The Bertz CT molecular complexity index is 1250. The number of anilines is 1. The molecule has 1 unspecified atom stereocenters. The van der Waals surface area contributed by atoms with Gasteiger partial charge in [0.25, 0.3) is 5.56 Å². The van der Waals surface area contributed by atoms with Gasteiger partial charge >= 0.3 is 0 Å². The van der Waals surface area contributed by atoms with Crippen molar-refractivity contribution in [2.45, 2.75) is 25.4 Å². The molecule has 1 fully saturated rings. The van der Waals surface area contributed by atoms with Crippen molar-refractivity contribution < 1.29 is 4.79 Å². The number of nitrogens with one attached hydrogen (secondary N) is 1. The third-order valence-electron chi connectivity index (χ3n) is 5.20. The van der Waals surface area contributed by atoms with Gasteiger partial charge in [-0.1, -0.05) is 53.8 Å². The molecular weight excluding hydrogens is 386 g/mol. The quantitative estimate of drug-likeness (QED) is 0.565. The van der Waals surface area contributed by atoms with Gasteiger partial charge in [-0.25, -0.2) is 4.98 Å². The maximum atomic E-state index is 12.8. The number of fused-ring (bicyclic) bond motifs is 2. The third kappa shape index (κ3) is 3.25. The summed E-state index contributed by atoms with van der Waals surface area (Å²) >= 11 is 1.35. The van der Waals surface area contributed by atoms with Crippen LogP contribution in [0.15, 0.2) is 59.4 Å². The Morgan fingerprint density at radius 1 is 1.14 bits per heavy atom. The van der Waals surface area contributed by atoms with E-state index < -0.39 is 0 Å². The number of nitrogens with zero attached hydrogens (tertiary/aromatic N) is 4. The van der Waals surface area contributed by atoms with Gasteiger partial charge in [0.05, 0.1) is 10.9 Å². The highest BCUT2D eigenvalue weighted by molar-refractivity contribution is 7.20. The first-order chi connectivity index (χ1) is 14.2. The van der Waals surface area contributed by atoms with Gasteiger partial charge in [-0.2, -0.15) is 4.52 Å². The molecule has 3 heterocycles. The van der Waals surface area contributed by atoms with Gasteiger partial charge in [0.15, 0.2) is 0 Å². The van der Waals surface area contributed by atoms with Gasteiger partial charge in [0.1, 0.15) is 6.04 Å². The molecule has 8 heteroatoms. The van der Waals surface area contributed by atoms with Crippen molar-refractivity contribution in [2.24, 2.45) is 0 Å². The molecule has 2 aromatic carbocycles. The first-order valence-corrected chi connectivity index (χ1v) is 10.4. The summed E-state index contributed by atoms with van der Waals surface area (Å²) in [5.74, 6) is -0.0175. The van der Waals surface area contributed by atoms with E-state index in [-0.39, 0.29) is 17.5 Å². The molecule has 7 nitrogen and oxygen atoms in total. The summed E-state index contributed by atoms with van der Waals surface area (Å²) in [6, 6.07) is 16.8. The summed E-state index contributed by atoms with van der Waals surface area (Å²) < 4.78 is 1.35. The van der Waals surface area contributed by atoms with Crippen LogP contribution in [0, 0.1) is 0 Å². The van der Waals surface area contributed by atoms with Crippen molar-refractivity contribution in [1.29, 1.82) is 0 Å². The van der Waals surface area contributed by atoms with Gasteiger partial charge in [-0.05, 0) is 30.5 Å². The number of aromatic nitrogens is 3. The smallest absolute Gasteiger partial charge is 0.283 e. The van der Waals surface area contributed by atoms with Crippen molar-refractivity contribution in [3.05, 3.63) is 70.5 Å². The number of hydrogen-bond acceptors (Lipinski definition) is 6. The molecule has 1 saturated heterocycles. The maximum absolute atomic E-state index is 12.8. The molecule has 1 N–H and O–H groups in total. The normalized spacial score (nSPS) is 16.6. The molecule has 0 saturated carbocycles. The molecule has 29 heavy (non-hydrogen) atoms.